The third-order valence-corrected chi connectivity index (χ3v) is 3.79. The fourth-order valence-electron chi connectivity index (χ4n) is 2.55. The smallest absolute Gasteiger partial charge is 0.255 e. The summed E-state index contributed by atoms with van der Waals surface area (Å²) in [5.74, 6) is -0.171. The topological polar surface area (TPSA) is 70.7 Å². The number of hydrogen-bond acceptors (Lipinski definition) is 3. The fraction of sp³-hybridized carbons (Fsp3) is 0. The maximum absolute atomic E-state index is 12.4. The van der Waals surface area contributed by atoms with Crippen LogP contribution in [0.2, 0.25) is 0 Å². The van der Waals surface area contributed by atoms with Gasteiger partial charge in [-0.2, -0.15) is 0 Å². The molecule has 0 fully saturated rings. The van der Waals surface area contributed by atoms with E-state index in [1.54, 1.807) is 12.5 Å². The van der Waals surface area contributed by atoms with Gasteiger partial charge in [0.2, 0.25) is 0 Å². The van der Waals surface area contributed by atoms with E-state index in [0.29, 0.717) is 16.9 Å². The molecule has 0 aliphatic heterocycles. The lowest BCUT2D eigenvalue weighted by atomic mass is 10.0. The molecular weight excluding hydrogens is 300 g/mol. The van der Waals surface area contributed by atoms with E-state index < -0.39 is 0 Å². The van der Waals surface area contributed by atoms with Crippen LogP contribution < -0.4 is 5.32 Å². The summed E-state index contributed by atoms with van der Waals surface area (Å²) in [5.41, 5.74) is 4.83. The summed E-state index contributed by atoms with van der Waals surface area (Å²) in [5, 5.41) is 2.85. The van der Waals surface area contributed by atoms with Crippen molar-refractivity contribution < 1.29 is 4.79 Å². The molecule has 0 unspecified atom stereocenters. The van der Waals surface area contributed by atoms with Gasteiger partial charge in [0.15, 0.2) is 5.65 Å². The number of pyridine rings is 1. The summed E-state index contributed by atoms with van der Waals surface area (Å²) in [6.45, 7) is 0. The first-order valence-corrected chi connectivity index (χ1v) is 7.55. The molecule has 2 aromatic heterocycles. The van der Waals surface area contributed by atoms with E-state index in [2.05, 4.69) is 20.3 Å². The average molecular weight is 314 g/mol. The number of nitrogens with one attached hydrogen (secondary N) is 2. The van der Waals surface area contributed by atoms with Gasteiger partial charge in [-0.1, -0.05) is 42.5 Å². The molecule has 2 N–H and O–H groups in total. The molecule has 2 heterocycles. The van der Waals surface area contributed by atoms with Crippen LogP contribution in [0.3, 0.4) is 0 Å². The van der Waals surface area contributed by atoms with Crippen molar-refractivity contribution in [3.8, 4) is 11.1 Å². The van der Waals surface area contributed by atoms with E-state index in [1.165, 1.54) is 0 Å². The second kappa shape index (κ2) is 5.96. The van der Waals surface area contributed by atoms with Gasteiger partial charge >= 0.3 is 0 Å². The highest BCUT2D eigenvalue weighted by atomic mass is 16.1. The van der Waals surface area contributed by atoms with E-state index in [9.17, 15) is 4.79 Å². The van der Waals surface area contributed by atoms with Crippen LogP contribution in [0.15, 0.2) is 73.2 Å². The van der Waals surface area contributed by atoms with Crippen molar-refractivity contribution >= 4 is 22.8 Å². The van der Waals surface area contributed by atoms with Crippen molar-refractivity contribution in [1.29, 1.82) is 0 Å². The molecule has 0 saturated carbocycles. The van der Waals surface area contributed by atoms with Gasteiger partial charge in [0, 0.05) is 5.56 Å². The molecule has 1 amide bonds. The average Bonchev–Trinajstić information content (AvgIpc) is 3.10. The van der Waals surface area contributed by atoms with Crippen LogP contribution in [-0.4, -0.2) is 20.9 Å². The second-order valence-electron chi connectivity index (χ2n) is 5.40. The Morgan fingerprint density at radius 2 is 1.67 bits per heavy atom. The lowest BCUT2D eigenvalue weighted by molar-refractivity contribution is 0.102. The van der Waals surface area contributed by atoms with Gasteiger partial charge in [-0.3, -0.25) is 4.79 Å². The summed E-state index contributed by atoms with van der Waals surface area (Å²) in [6.07, 6.45) is 3.17. The van der Waals surface area contributed by atoms with E-state index in [-0.39, 0.29) is 5.91 Å². The van der Waals surface area contributed by atoms with Crippen LogP contribution in [0.4, 0.5) is 5.69 Å². The molecule has 0 atom stereocenters. The molecular formula is C19H14N4O. The zero-order valence-corrected chi connectivity index (χ0v) is 12.7. The van der Waals surface area contributed by atoms with Crippen LogP contribution in [0.1, 0.15) is 10.4 Å². The van der Waals surface area contributed by atoms with Crippen LogP contribution in [-0.2, 0) is 0 Å². The third kappa shape index (κ3) is 2.75. The molecule has 0 bridgehead atoms. The van der Waals surface area contributed by atoms with Crippen molar-refractivity contribution in [3.05, 3.63) is 78.8 Å². The van der Waals surface area contributed by atoms with E-state index in [4.69, 9.17) is 0 Å². The molecule has 0 spiro atoms. The molecule has 4 aromatic rings. The van der Waals surface area contributed by atoms with Crippen molar-refractivity contribution in [2.45, 2.75) is 0 Å². The first kappa shape index (κ1) is 14.1. The lowest BCUT2D eigenvalue weighted by Gasteiger charge is -2.06. The standard InChI is InChI=1S/C19H14N4O/c24-19(23-16-10-17-18(20-11-16)22-12-21-17)15-8-6-14(7-9-15)13-4-2-1-3-5-13/h1-12H,(H,23,24)(H,20,21,22). The summed E-state index contributed by atoms with van der Waals surface area (Å²) in [4.78, 5) is 23.6. The van der Waals surface area contributed by atoms with Gasteiger partial charge in [-0.15, -0.1) is 0 Å². The van der Waals surface area contributed by atoms with Crippen LogP contribution in [0.25, 0.3) is 22.3 Å². The fourth-order valence-corrected chi connectivity index (χ4v) is 2.55. The highest BCUT2D eigenvalue weighted by Gasteiger charge is 2.08. The maximum atomic E-state index is 12.4. The summed E-state index contributed by atoms with van der Waals surface area (Å²) in [7, 11) is 0. The van der Waals surface area contributed by atoms with Crippen LogP contribution >= 0.6 is 0 Å². The van der Waals surface area contributed by atoms with Crippen molar-refractivity contribution in [1.82, 2.24) is 15.0 Å². The largest absolute Gasteiger partial charge is 0.343 e. The Labute approximate surface area is 138 Å². The number of amides is 1. The molecule has 0 saturated heterocycles. The number of H-pyrrole nitrogens is 1. The normalized spacial score (nSPS) is 10.7. The second-order valence-corrected chi connectivity index (χ2v) is 5.40. The van der Waals surface area contributed by atoms with E-state index in [1.807, 2.05) is 60.7 Å². The predicted molar refractivity (Wildman–Crippen MR) is 93.7 cm³/mol. The first-order valence-electron chi connectivity index (χ1n) is 7.55. The Hall–Kier alpha value is -3.47. The Morgan fingerprint density at radius 1 is 0.917 bits per heavy atom. The van der Waals surface area contributed by atoms with Gasteiger partial charge in [0.1, 0.15) is 0 Å². The SMILES string of the molecule is O=C(Nc1cnc2nc[nH]c2c1)c1ccc(-c2ccccc2)cc1. The van der Waals surface area contributed by atoms with Gasteiger partial charge < -0.3 is 10.3 Å². The zero-order valence-electron chi connectivity index (χ0n) is 12.7. The van der Waals surface area contributed by atoms with Crippen LogP contribution in [0.5, 0.6) is 0 Å². The first-order chi connectivity index (χ1) is 11.8. The number of anilines is 1. The Kier molecular flexibility index (Phi) is 3.51. The van der Waals surface area contributed by atoms with Crippen molar-refractivity contribution in [2.24, 2.45) is 0 Å². The van der Waals surface area contributed by atoms with Gasteiger partial charge in [0.25, 0.3) is 5.91 Å². The monoisotopic (exact) mass is 314 g/mol. The van der Waals surface area contributed by atoms with Gasteiger partial charge in [-0.25, -0.2) is 9.97 Å². The minimum Gasteiger partial charge on any atom is -0.343 e. The highest BCUT2D eigenvalue weighted by Crippen LogP contribution is 2.20. The number of aromatic amines is 1. The molecule has 116 valence electrons. The Morgan fingerprint density at radius 3 is 2.46 bits per heavy atom. The molecule has 0 radical (unpaired) electrons. The Balaban J connectivity index is 1.53. The molecule has 4 rings (SSSR count). The Bertz CT molecular complexity index is 991. The molecule has 0 aliphatic carbocycles. The minimum atomic E-state index is -0.171. The van der Waals surface area contributed by atoms with Crippen molar-refractivity contribution in [2.75, 3.05) is 5.32 Å². The number of fused-ring (bicyclic) bond motifs is 1. The quantitative estimate of drug-likeness (QED) is 0.603. The van der Waals surface area contributed by atoms with E-state index >= 15 is 0 Å². The number of carbonyl (C=O) groups is 1. The minimum absolute atomic E-state index is 0.171. The van der Waals surface area contributed by atoms with Crippen molar-refractivity contribution in [3.63, 3.8) is 0 Å². The summed E-state index contributed by atoms with van der Waals surface area (Å²) >= 11 is 0. The van der Waals surface area contributed by atoms with Gasteiger partial charge in [0.05, 0.1) is 23.7 Å². The number of carbonyl (C=O) groups excluding carboxylic acids is 1. The molecule has 2 aromatic carbocycles. The number of aromatic nitrogens is 3. The molecule has 0 aliphatic rings. The number of benzene rings is 2. The molecule has 24 heavy (non-hydrogen) atoms. The third-order valence-electron chi connectivity index (χ3n) is 3.79. The number of nitrogens with zero attached hydrogens (tertiary/aromatic N) is 2. The summed E-state index contributed by atoms with van der Waals surface area (Å²) in [6, 6.07) is 19.4. The maximum Gasteiger partial charge on any atom is 0.255 e. The lowest BCUT2D eigenvalue weighted by Crippen LogP contribution is -2.11. The highest BCUT2D eigenvalue weighted by molar-refractivity contribution is 6.04. The number of imidazole rings is 1. The van der Waals surface area contributed by atoms with Crippen LogP contribution in [0, 0.1) is 0 Å². The number of hydrogen-bond donors (Lipinski definition) is 2. The zero-order chi connectivity index (χ0) is 16.4. The predicted octanol–water partition coefficient (Wildman–Crippen LogP) is 3.88. The number of rotatable bonds is 3. The summed E-state index contributed by atoms with van der Waals surface area (Å²) < 4.78 is 0. The molecule has 5 nitrogen and oxygen atoms in total. The van der Waals surface area contributed by atoms with E-state index in [0.717, 1.165) is 16.6 Å². The molecule has 5 heteroatoms. The van der Waals surface area contributed by atoms with Gasteiger partial charge in [-0.05, 0) is 29.3 Å².